The minimum absolute atomic E-state index is 0.279. The number of carbonyl (C=O) groups is 2. The first-order chi connectivity index (χ1) is 15.3. The Morgan fingerprint density at radius 3 is 2.59 bits per heavy atom. The number of hydrogen-bond acceptors (Lipinski definition) is 7. The van der Waals surface area contributed by atoms with Crippen molar-refractivity contribution in [2.24, 2.45) is 0 Å². The van der Waals surface area contributed by atoms with Crippen molar-refractivity contribution >= 4 is 33.9 Å². The normalized spacial score (nSPS) is 15.4. The van der Waals surface area contributed by atoms with Gasteiger partial charge in [-0.05, 0) is 69.5 Å². The SMILES string of the molecule is CCON(c1sc(C(=O)Nc2cccc(C)c2)c(C)c1C(=O)OC)C1C=CC(C)=C(C)O1. The van der Waals surface area contributed by atoms with Crippen molar-refractivity contribution in [2.45, 2.75) is 40.8 Å². The van der Waals surface area contributed by atoms with Crippen LogP contribution in [-0.2, 0) is 14.3 Å². The molecule has 0 saturated heterocycles. The number of rotatable bonds is 7. The predicted octanol–water partition coefficient (Wildman–Crippen LogP) is 5.37. The van der Waals surface area contributed by atoms with Crippen LogP contribution in [0.4, 0.5) is 10.7 Å². The Bertz CT molecular complexity index is 1090. The number of nitrogens with one attached hydrogen (secondary N) is 1. The number of nitrogens with zero attached hydrogens (tertiary/aromatic N) is 1. The summed E-state index contributed by atoms with van der Waals surface area (Å²) in [5.74, 6) is -0.0956. The number of carbonyl (C=O) groups excluding carboxylic acids is 2. The zero-order valence-corrected chi connectivity index (χ0v) is 20.0. The number of allylic oxidation sites excluding steroid dienone is 3. The zero-order valence-electron chi connectivity index (χ0n) is 19.1. The van der Waals surface area contributed by atoms with Crippen LogP contribution in [0.2, 0.25) is 0 Å². The van der Waals surface area contributed by atoms with Gasteiger partial charge in [0.25, 0.3) is 5.91 Å². The molecule has 1 aliphatic rings. The first-order valence-electron chi connectivity index (χ1n) is 10.3. The molecular weight excluding hydrogens is 428 g/mol. The number of anilines is 2. The van der Waals surface area contributed by atoms with Crippen LogP contribution in [0, 0.1) is 13.8 Å². The Labute approximate surface area is 192 Å². The minimum atomic E-state index is -0.590. The zero-order chi connectivity index (χ0) is 23.4. The first kappa shape index (κ1) is 23.6. The van der Waals surface area contributed by atoms with Gasteiger partial charge >= 0.3 is 5.97 Å². The molecule has 32 heavy (non-hydrogen) atoms. The fraction of sp³-hybridized carbons (Fsp3) is 0.333. The average molecular weight is 457 g/mol. The molecular formula is C24H28N2O5S. The van der Waals surface area contributed by atoms with E-state index in [1.807, 2.05) is 64.1 Å². The van der Waals surface area contributed by atoms with Gasteiger partial charge in [0.15, 0.2) is 0 Å². The highest BCUT2D eigenvalue weighted by Gasteiger charge is 2.33. The van der Waals surface area contributed by atoms with E-state index < -0.39 is 12.2 Å². The Morgan fingerprint density at radius 1 is 1.22 bits per heavy atom. The largest absolute Gasteiger partial charge is 0.469 e. The van der Waals surface area contributed by atoms with E-state index in [1.54, 1.807) is 6.92 Å². The molecule has 0 aliphatic carbocycles. The van der Waals surface area contributed by atoms with E-state index in [9.17, 15) is 9.59 Å². The first-order valence-corrected chi connectivity index (χ1v) is 11.1. The van der Waals surface area contributed by atoms with E-state index >= 15 is 0 Å². The molecule has 2 aromatic rings. The Hall–Kier alpha value is -3.10. The van der Waals surface area contributed by atoms with Crippen LogP contribution in [0.5, 0.6) is 0 Å². The lowest BCUT2D eigenvalue weighted by atomic mass is 10.1. The number of esters is 1. The summed E-state index contributed by atoms with van der Waals surface area (Å²) < 4.78 is 11.0. The molecule has 0 bridgehead atoms. The van der Waals surface area contributed by atoms with Crippen LogP contribution in [0.1, 0.15) is 51.9 Å². The summed E-state index contributed by atoms with van der Waals surface area (Å²) in [4.78, 5) is 32.1. The standard InChI is InChI=1S/C24H28N2O5S/c1-7-30-26(19-12-11-15(3)17(5)31-19)23-20(24(28)29-6)16(4)21(32-23)22(27)25-18-10-8-9-14(2)13-18/h8-13,19H,7H2,1-6H3,(H,25,27). The molecule has 170 valence electrons. The lowest BCUT2D eigenvalue weighted by molar-refractivity contribution is 0.0159. The monoisotopic (exact) mass is 456 g/mol. The summed E-state index contributed by atoms with van der Waals surface area (Å²) in [6, 6.07) is 7.53. The number of aryl methyl sites for hydroxylation is 1. The van der Waals surface area contributed by atoms with Crippen molar-refractivity contribution in [3.63, 3.8) is 0 Å². The summed E-state index contributed by atoms with van der Waals surface area (Å²) in [6.07, 6.45) is 3.20. The van der Waals surface area contributed by atoms with Crippen molar-refractivity contribution in [1.82, 2.24) is 0 Å². The topological polar surface area (TPSA) is 77.1 Å². The van der Waals surface area contributed by atoms with Crippen LogP contribution < -0.4 is 10.4 Å². The van der Waals surface area contributed by atoms with E-state index in [4.69, 9.17) is 14.3 Å². The smallest absolute Gasteiger partial charge is 0.341 e. The van der Waals surface area contributed by atoms with Crippen molar-refractivity contribution in [3.05, 3.63) is 69.3 Å². The molecule has 1 N–H and O–H groups in total. The maximum absolute atomic E-state index is 13.1. The highest BCUT2D eigenvalue weighted by molar-refractivity contribution is 7.18. The number of benzene rings is 1. The molecule has 0 saturated carbocycles. The summed E-state index contributed by atoms with van der Waals surface area (Å²) in [5.41, 5.74) is 3.52. The lowest BCUT2D eigenvalue weighted by Gasteiger charge is -2.32. The van der Waals surface area contributed by atoms with Gasteiger partial charge in [-0.1, -0.05) is 18.2 Å². The van der Waals surface area contributed by atoms with Gasteiger partial charge in [-0.2, -0.15) is 5.06 Å². The maximum Gasteiger partial charge on any atom is 0.341 e. The Balaban J connectivity index is 2.03. The molecule has 7 nitrogen and oxygen atoms in total. The Kier molecular flexibility index (Phi) is 7.37. The summed E-state index contributed by atoms with van der Waals surface area (Å²) >= 11 is 1.16. The molecule has 0 spiro atoms. The van der Waals surface area contributed by atoms with E-state index in [0.29, 0.717) is 27.7 Å². The van der Waals surface area contributed by atoms with Crippen molar-refractivity contribution in [2.75, 3.05) is 24.1 Å². The molecule has 1 aromatic carbocycles. The second kappa shape index (κ2) is 10.0. The highest BCUT2D eigenvalue weighted by Crippen LogP contribution is 2.39. The van der Waals surface area contributed by atoms with Crippen LogP contribution in [0.15, 0.2) is 47.7 Å². The van der Waals surface area contributed by atoms with Gasteiger partial charge in [-0.3, -0.25) is 9.63 Å². The van der Waals surface area contributed by atoms with Crippen molar-refractivity contribution in [3.8, 4) is 0 Å². The number of amides is 1. The van der Waals surface area contributed by atoms with Crippen LogP contribution in [-0.4, -0.2) is 31.8 Å². The molecule has 3 rings (SSSR count). The van der Waals surface area contributed by atoms with Crippen LogP contribution in [0.25, 0.3) is 0 Å². The van der Waals surface area contributed by atoms with E-state index in [1.165, 1.54) is 12.2 Å². The van der Waals surface area contributed by atoms with Gasteiger partial charge in [0.2, 0.25) is 6.23 Å². The van der Waals surface area contributed by atoms with E-state index in [-0.39, 0.29) is 11.5 Å². The number of thiophene rings is 1. The summed E-state index contributed by atoms with van der Waals surface area (Å²) in [5, 5.41) is 4.89. The van der Waals surface area contributed by atoms with Crippen LogP contribution in [0.3, 0.4) is 0 Å². The molecule has 1 aliphatic heterocycles. The molecule has 1 aromatic heterocycles. The molecule has 0 radical (unpaired) electrons. The fourth-order valence-corrected chi connectivity index (χ4v) is 4.47. The van der Waals surface area contributed by atoms with Gasteiger partial charge in [0.05, 0.1) is 24.4 Å². The molecule has 0 fully saturated rings. The second-order valence-corrected chi connectivity index (χ2v) is 8.40. The summed E-state index contributed by atoms with van der Waals surface area (Å²) in [7, 11) is 1.31. The third-order valence-electron chi connectivity index (χ3n) is 5.06. The maximum atomic E-state index is 13.1. The molecule has 8 heteroatoms. The number of hydroxylamine groups is 1. The van der Waals surface area contributed by atoms with Gasteiger partial charge in [-0.25, -0.2) is 4.79 Å². The quantitative estimate of drug-likeness (QED) is 0.446. The number of ether oxygens (including phenoxy) is 2. The number of methoxy groups -OCH3 is 1. The second-order valence-electron chi connectivity index (χ2n) is 7.40. The van der Waals surface area contributed by atoms with E-state index in [0.717, 1.165) is 28.2 Å². The van der Waals surface area contributed by atoms with Crippen molar-refractivity contribution in [1.29, 1.82) is 0 Å². The van der Waals surface area contributed by atoms with Crippen molar-refractivity contribution < 1.29 is 23.9 Å². The summed E-state index contributed by atoms with van der Waals surface area (Å²) in [6.45, 7) is 9.70. The fourth-order valence-electron chi connectivity index (χ4n) is 3.29. The van der Waals surface area contributed by atoms with Gasteiger partial charge in [0, 0.05) is 5.69 Å². The third-order valence-corrected chi connectivity index (χ3v) is 6.34. The van der Waals surface area contributed by atoms with Crippen LogP contribution >= 0.6 is 11.3 Å². The lowest BCUT2D eigenvalue weighted by Crippen LogP contribution is -2.37. The van der Waals surface area contributed by atoms with Gasteiger partial charge < -0.3 is 14.8 Å². The van der Waals surface area contributed by atoms with Gasteiger partial charge in [-0.15, -0.1) is 11.3 Å². The molecule has 1 amide bonds. The third kappa shape index (κ3) is 4.87. The highest BCUT2D eigenvalue weighted by atomic mass is 32.1. The van der Waals surface area contributed by atoms with E-state index in [2.05, 4.69) is 5.32 Å². The molecule has 1 unspecified atom stereocenters. The average Bonchev–Trinajstić information content (AvgIpc) is 3.10. The predicted molar refractivity (Wildman–Crippen MR) is 126 cm³/mol. The molecule has 1 atom stereocenters. The number of hydrogen-bond donors (Lipinski definition) is 1. The minimum Gasteiger partial charge on any atom is -0.469 e. The van der Waals surface area contributed by atoms with Gasteiger partial charge in [0.1, 0.15) is 10.6 Å². The Morgan fingerprint density at radius 2 is 1.97 bits per heavy atom. The molecule has 2 heterocycles.